The summed E-state index contributed by atoms with van der Waals surface area (Å²) in [6, 6.07) is 5.55. The molecule has 2 saturated heterocycles. The molecule has 6 heteroatoms. The van der Waals surface area contributed by atoms with E-state index in [1.54, 1.807) is 11.8 Å². The first kappa shape index (κ1) is 18.0. The van der Waals surface area contributed by atoms with Gasteiger partial charge in [0.25, 0.3) is 5.91 Å². The highest BCUT2D eigenvalue weighted by Crippen LogP contribution is 2.32. The Morgan fingerprint density at radius 3 is 2.63 bits per heavy atom. The van der Waals surface area contributed by atoms with Gasteiger partial charge in [-0.3, -0.25) is 14.5 Å². The van der Waals surface area contributed by atoms with Gasteiger partial charge >= 0.3 is 6.03 Å². The number of imide groups is 1. The summed E-state index contributed by atoms with van der Waals surface area (Å²) in [7, 11) is 0. The summed E-state index contributed by atoms with van der Waals surface area (Å²) in [6.45, 7) is 5.13. The normalized spacial score (nSPS) is 25.7. The van der Waals surface area contributed by atoms with E-state index in [1.165, 1.54) is 11.1 Å². The van der Waals surface area contributed by atoms with Gasteiger partial charge in [0.2, 0.25) is 5.91 Å². The van der Waals surface area contributed by atoms with Gasteiger partial charge in [0.15, 0.2) is 0 Å². The van der Waals surface area contributed by atoms with Crippen LogP contribution in [0.4, 0.5) is 4.79 Å². The average molecular weight is 369 g/mol. The number of amides is 4. The summed E-state index contributed by atoms with van der Waals surface area (Å²) in [5.74, 6) is 0.127. The van der Waals surface area contributed by atoms with Gasteiger partial charge in [-0.1, -0.05) is 25.1 Å². The molecule has 27 heavy (non-hydrogen) atoms. The first-order chi connectivity index (χ1) is 12.9. The number of aryl methyl sites for hydroxylation is 2. The van der Waals surface area contributed by atoms with Crippen molar-refractivity contribution in [2.45, 2.75) is 51.5 Å². The summed E-state index contributed by atoms with van der Waals surface area (Å²) in [5, 5.41) is 2.82. The van der Waals surface area contributed by atoms with Crippen LogP contribution in [0.25, 0.3) is 0 Å². The fourth-order valence-electron chi connectivity index (χ4n) is 4.41. The lowest BCUT2D eigenvalue weighted by molar-refractivity contribution is -0.139. The molecule has 2 aliphatic heterocycles. The molecule has 1 aromatic carbocycles. The van der Waals surface area contributed by atoms with E-state index >= 15 is 0 Å². The molecular formula is C21H27N3O3. The van der Waals surface area contributed by atoms with Gasteiger partial charge < -0.3 is 10.2 Å². The summed E-state index contributed by atoms with van der Waals surface area (Å²) in [4.78, 5) is 41.0. The molecule has 0 saturated carbocycles. The van der Waals surface area contributed by atoms with Crippen molar-refractivity contribution in [3.63, 3.8) is 0 Å². The van der Waals surface area contributed by atoms with Crippen molar-refractivity contribution in [3.8, 4) is 0 Å². The molecule has 0 aromatic heterocycles. The highest BCUT2D eigenvalue weighted by atomic mass is 16.2. The molecule has 1 unspecified atom stereocenters. The quantitative estimate of drug-likeness (QED) is 0.831. The molecule has 6 nitrogen and oxygen atoms in total. The van der Waals surface area contributed by atoms with Crippen molar-refractivity contribution in [1.29, 1.82) is 0 Å². The van der Waals surface area contributed by atoms with Crippen LogP contribution in [-0.2, 0) is 28.0 Å². The number of carbonyl (C=O) groups excluding carboxylic acids is 3. The minimum atomic E-state index is -1.11. The number of rotatable bonds is 3. The minimum absolute atomic E-state index is 0.149. The van der Waals surface area contributed by atoms with E-state index in [2.05, 4.69) is 18.3 Å². The van der Waals surface area contributed by atoms with Crippen molar-refractivity contribution < 1.29 is 14.4 Å². The molecule has 0 radical (unpaired) electrons. The monoisotopic (exact) mass is 369 g/mol. The van der Waals surface area contributed by atoms with Crippen molar-refractivity contribution in [1.82, 2.24) is 15.1 Å². The van der Waals surface area contributed by atoms with Crippen LogP contribution >= 0.6 is 0 Å². The molecule has 144 valence electrons. The molecule has 1 aliphatic carbocycles. The highest BCUT2D eigenvalue weighted by Gasteiger charge is 2.50. The number of urea groups is 1. The van der Waals surface area contributed by atoms with Crippen LogP contribution in [0.5, 0.6) is 0 Å². The average Bonchev–Trinajstić information content (AvgIpc) is 3.20. The van der Waals surface area contributed by atoms with E-state index in [4.69, 9.17) is 0 Å². The molecule has 3 aliphatic rings. The maximum absolute atomic E-state index is 13.1. The Kier molecular flexibility index (Phi) is 4.44. The van der Waals surface area contributed by atoms with E-state index < -0.39 is 11.6 Å². The molecule has 0 spiro atoms. The van der Waals surface area contributed by atoms with Crippen molar-refractivity contribution in [2.24, 2.45) is 5.92 Å². The molecule has 0 bridgehead atoms. The van der Waals surface area contributed by atoms with Crippen LogP contribution in [0.15, 0.2) is 18.2 Å². The maximum atomic E-state index is 13.1. The van der Waals surface area contributed by atoms with Crippen molar-refractivity contribution in [3.05, 3.63) is 34.9 Å². The third-order valence-electron chi connectivity index (χ3n) is 6.38. The first-order valence-electron chi connectivity index (χ1n) is 9.92. The zero-order chi connectivity index (χ0) is 19.2. The van der Waals surface area contributed by atoms with Gasteiger partial charge in [-0.05, 0) is 61.6 Å². The lowest BCUT2D eigenvalue weighted by atomic mass is 9.89. The van der Waals surface area contributed by atoms with Gasteiger partial charge in [-0.2, -0.15) is 0 Å². The Hall–Kier alpha value is -2.37. The lowest BCUT2D eigenvalue weighted by Crippen LogP contribution is -2.46. The standard InChI is InChI=1S/C21H27N3O3/c1-14-8-10-23(11-9-14)18(25)13-24-19(26)21(2,22-20(24)27)17-7-6-15-4-3-5-16(15)12-17/h6-7,12,14H,3-5,8-11,13H2,1-2H3,(H,22,27). The zero-order valence-electron chi connectivity index (χ0n) is 16.1. The molecule has 2 heterocycles. The van der Waals surface area contributed by atoms with E-state index in [0.717, 1.165) is 42.6 Å². The molecule has 2 fully saturated rings. The molecule has 1 N–H and O–H groups in total. The third kappa shape index (κ3) is 3.11. The summed E-state index contributed by atoms with van der Waals surface area (Å²) < 4.78 is 0. The number of piperidine rings is 1. The zero-order valence-corrected chi connectivity index (χ0v) is 16.1. The molecule has 1 atom stereocenters. The number of carbonyl (C=O) groups is 3. The fourth-order valence-corrected chi connectivity index (χ4v) is 4.41. The second-order valence-corrected chi connectivity index (χ2v) is 8.35. The van der Waals surface area contributed by atoms with Crippen LogP contribution < -0.4 is 5.32 Å². The lowest BCUT2D eigenvalue weighted by Gasteiger charge is -2.31. The predicted octanol–water partition coefficient (Wildman–Crippen LogP) is 2.20. The number of fused-ring (bicyclic) bond motifs is 1. The van der Waals surface area contributed by atoms with Crippen LogP contribution in [-0.4, -0.2) is 47.3 Å². The number of hydrogen-bond acceptors (Lipinski definition) is 3. The van der Waals surface area contributed by atoms with Crippen LogP contribution in [0.3, 0.4) is 0 Å². The summed E-state index contributed by atoms with van der Waals surface area (Å²) in [6.07, 6.45) is 5.15. The Morgan fingerprint density at radius 2 is 1.89 bits per heavy atom. The van der Waals surface area contributed by atoms with Gasteiger partial charge in [-0.25, -0.2) is 4.79 Å². The van der Waals surface area contributed by atoms with Gasteiger partial charge in [-0.15, -0.1) is 0 Å². The van der Waals surface area contributed by atoms with Crippen LogP contribution in [0.2, 0.25) is 0 Å². The number of nitrogens with zero attached hydrogens (tertiary/aromatic N) is 2. The van der Waals surface area contributed by atoms with E-state index in [1.807, 2.05) is 12.1 Å². The number of hydrogen-bond donors (Lipinski definition) is 1. The Bertz CT molecular complexity index is 798. The van der Waals surface area contributed by atoms with Gasteiger partial charge in [0, 0.05) is 13.1 Å². The second kappa shape index (κ2) is 6.66. The van der Waals surface area contributed by atoms with Crippen molar-refractivity contribution in [2.75, 3.05) is 19.6 Å². The van der Waals surface area contributed by atoms with Crippen LogP contribution in [0, 0.1) is 5.92 Å². The molecular weight excluding hydrogens is 342 g/mol. The maximum Gasteiger partial charge on any atom is 0.325 e. The smallest absolute Gasteiger partial charge is 0.325 e. The largest absolute Gasteiger partial charge is 0.341 e. The number of nitrogens with one attached hydrogen (secondary N) is 1. The molecule has 4 amide bonds. The van der Waals surface area contributed by atoms with E-state index in [9.17, 15) is 14.4 Å². The predicted molar refractivity (Wildman–Crippen MR) is 101 cm³/mol. The molecule has 1 aromatic rings. The minimum Gasteiger partial charge on any atom is -0.341 e. The van der Waals surface area contributed by atoms with E-state index in [0.29, 0.717) is 19.0 Å². The second-order valence-electron chi connectivity index (χ2n) is 8.35. The van der Waals surface area contributed by atoms with E-state index in [-0.39, 0.29) is 18.4 Å². The van der Waals surface area contributed by atoms with Gasteiger partial charge in [0.1, 0.15) is 12.1 Å². The molecule has 4 rings (SSSR count). The number of benzene rings is 1. The van der Waals surface area contributed by atoms with Crippen LogP contribution in [0.1, 0.15) is 49.8 Å². The Balaban J connectivity index is 1.50. The Morgan fingerprint density at radius 1 is 1.19 bits per heavy atom. The highest BCUT2D eigenvalue weighted by molar-refractivity contribution is 6.09. The third-order valence-corrected chi connectivity index (χ3v) is 6.38. The topological polar surface area (TPSA) is 69.7 Å². The fraction of sp³-hybridized carbons (Fsp3) is 0.571. The van der Waals surface area contributed by atoms with Crippen molar-refractivity contribution >= 4 is 17.8 Å². The Labute approximate surface area is 159 Å². The SMILES string of the molecule is CC1CCN(C(=O)CN2C(=O)NC(C)(c3ccc4c(c3)CCC4)C2=O)CC1. The van der Waals surface area contributed by atoms with Gasteiger partial charge in [0.05, 0.1) is 0 Å². The summed E-state index contributed by atoms with van der Waals surface area (Å²) in [5.41, 5.74) is 2.27. The number of likely N-dealkylation sites (tertiary alicyclic amines) is 1. The summed E-state index contributed by atoms with van der Waals surface area (Å²) >= 11 is 0. The first-order valence-corrected chi connectivity index (χ1v) is 9.92.